The van der Waals surface area contributed by atoms with E-state index >= 15 is 0 Å². The second-order valence-corrected chi connectivity index (χ2v) is 11.4. The van der Waals surface area contributed by atoms with Crippen LogP contribution in [0.4, 0.5) is 0 Å². The van der Waals surface area contributed by atoms with Crippen LogP contribution in [0.2, 0.25) is 0 Å². The zero-order valence-corrected chi connectivity index (χ0v) is 23.7. The summed E-state index contributed by atoms with van der Waals surface area (Å²) in [6.07, 6.45) is 1.43. The molecule has 7 rings (SSSR count). The number of aryl methyl sites for hydroxylation is 1. The zero-order chi connectivity index (χ0) is 29.7. The van der Waals surface area contributed by atoms with Gasteiger partial charge in [-0.15, -0.1) is 0 Å². The Kier molecular flexibility index (Phi) is 6.48. The van der Waals surface area contributed by atoms with Gasteiger partial charge in [0.1, 0.15) is 11.9 Å². The average Bonchev–Trinajstić information content (AvgIpc) is 3.26. The lowest BCUT2D eigenvalue weighted by molar-refractivity contribution is -0.233. The largest absolute Gasteiger partial charge is 0.461 e. The summed E-state index contributed by atoms with van der Waals surface area (Å²) in [6, 6.07) is 26.3. The third-order valence-corrected chi connectivity index (χ3v) is 8.66. The molecule has 214 valence electrons. The van der Waals surface area contributed by atoms with Crippen molar-refractivity contribution in [3.05, 3.63) is 134 Å². The van der Waals surface area contributed by atoms with Crippen LogP contribution in [0.5, 0.6) is 5.75 Å². The predicted molar refractivity (Wildman–Crippen MR) is 158 cm³/mol. The molecule has 3 aliphatic heterocycles. The molecule has 2 atom stereocenters. The highest BCUT2D eigenvalue weighted by atomic mass is 16.7. The van der Waals surface area contributed by atoms with Crippen LogP contribution in [0.25, 0.3) is 0 Å². The van der Waals surface area contributed by atoms with Crippen LogP contribution in [0.15, 0.2) is 83.7 Å². The van der Waals surface area contributed by atoms with Gasteiger partial charge < -0.3 is 14.0 Å². The molecule has 1 aromatic heterocycles. The molecular formula is C35H29N3O5. The van der Waals surface area contributed by atoms with Gasteiger partial charge in [0.05, 0.1) is 34.9 Å². The SMILES string of the molecule is Cc1cc2c(c(=O)n1Cc1ccccc1)C1OC(CCCCN3C(=O)c4ccccc4C3=O)(Cc3cc(C#N)ccc31)O2. The maximum absolute atomic E-state index is 14.0. The summed E-state index contributed by atoms with van der Waals surface area (Å²) in [5.74, 6) is -1.07. The quantitative estimate of drug-likeness (QED) is 0.221. The summed E-state index contributed by atoms with van der Waals surface area (Å²) in [6.45, 7) is 2.62. The predicted octanol–water partition coefficient (Wildman–Crippen LogP) is 5.29. The second-order valence-electron chi connectivity index (χ2n) is 11.4. The van der Waals surface area contributed by atoms with Crippen molar-refractivity contribution in [2.45, 2.75) is 51.0 Å². The number of nitrogens with zero attached hydrogens (tertiary/aromatic N) is 3. The van der Waals surface area contributed by atoms with Gasteiger partial charge in [0.2, 0.25) is 5.79 Å². The molecule has 3 aliphatic rings. The van der Waals surface area contributed by atoms with E-state index in [1.165, 1.54) is 4.90 Å². The summed E-state index contributed by atoms with van der Waals surface area (Å²) < 4.78 is 15.0. The molecule has 3 aromatic carbocycles. The number of amides is 2. The summed E-state index contributed by atoms with van der Waals surface area (Å²) in [5, 5.41) is 9.57. The van der Waals surface area contributed by atoms with E-state index in [0.29, 0.717) is 66.8 Å². The van der Waals surface area contributed by atoms with Crippen molar-refractivity contribution in [3.8, 4) is 11.8 Å². The van der Waals surface area contributed by atoms with Crippen LogP contribution in [0.3, 0.4) is 0 Å². The molecule has 0 saturated heterocycles. The number of fused-ring (bicyclic) bond motifs is 7. The first-order valence-corrected chi connectivity index (χ1v) is 14.5. The normalized spacial score (nSPS) is 19.7. The van der Waals surface area contributed by atoms with E-state index in [4.69, 9.17) is 9.47 Å². The number of rotatable bonds is 7. The molecule has 0 spiro atoms. The van der Waals surface area contributed by atoms with Gasteiger partial charge in [0.15, 0.2) is 0 Å². The van der Waals surface area contributed by atoms with E-state index in [1.807, 2.05) is 55.5 Å². The van der Waals surface area contributed by atoms with Crippen molar-refractivity contribution in [1.29, 1.82) is 5.26 Å². The molecule has 2 unspecified atom stereocenters. The van der Waals surface area contributed by atoms with Gasteiger partial charge in [-0.3, -0.25) is 19.3 Å². The molecule has 43 heavy (non-hydrogen) atoms. The minimum atomic E-state index is -1.05. The van der Waals surface area contributed by atoms with Crippen molar-refractivity contribution in [3.63, 3.8) is 0 Å². The minimum absolute atomic E-state index is 0.166. The van der Waals surface area contributed by atoms with Crippen LogP contribution in [-0.2, 0) is 17.7 Å². The number of unbranched alkanes of at least 4 members (excludes halogenated alkanes) is 1. The van der Waals surface area contributed by atoms with Crippen molar-refractivity contribution >= 4 is 11.8 Å². The van der Waals surface area contributed by atoms with Gasteiger partial charge in [-0.25, -0.2) is 0 Å². The maximum atomic E-state index is 14.0. The van der Waals surface area contributed by atoms with E-state index in [9.17, 15) is 19.6 Å². The first kappa shape index (κ1) is 26.9. The van der Waals surface area contributed by atoms with E-state index < -0.39 is 11.9 Å². The third kappa shape index (κ3) is 4.53. The Bertz CT molecular complexity index is 1860. The fourth-order valence-corrected chi connectivity index (χ4v) is 6.52. The number of imide groups is 1. The van der Waals surface area contributed by atoms with Crippen molar-refractivity contribution in [2.24, 2.45) is 0 Å². The van der Waals surface area contributed by atoms with Gasteiger partial charge >= 0.3 is 0 Å². The lowest BCUT2D eigenvalue weighted by atomic mass is 9.84. The van der Waals surface area contributed by atoms with E-state index in [1.54, 1.807) is 34.9 Å². The Balaban J connectivity index is 1.18. The van der Waals surface area contributed by atoms with Crippen LogP contribution in [0.1, 0.15) is 79.6 Å². The Morgan fingerprint density at radius 2 is 1.65 bits per heavy atom. The Hall–Kier alpha value is -5.00. The summed E-state index contributed by atoms with van der Waals surface area (Å²) in [5.41, 5.74) is 5.27. The molecule has 2 amide bonds. The van der Waals surface area contributed by atoms with E-state index in [2.05, 4.69) is 6.07 Å². The van der Waals surface area contributed by atoms with Crippen molar-refractivity contribution in [1.82, 2.24) is 9.47 Å². The molecule has 2 bridgehead atoms. The van der Waals surface area contributed by atoms with Gasteiger partial charge in [-0.1, -0.05) is 48.5 Å². The van der Waals surface area contributed by atoms with Gasteiger partial charge in [0, 0.05) is 31.1 Å². The molecule has 4 aromatic rings. The Labute approximate surface area is 248 Å². The van der Waals surface area contributed by atoms with Crippen LogP contribution in [0, 0.1) is 18.3 Å². The topological polar surface area (TPSA) is 102 Å². The number of aromatic nitrogens is 1. The molecule has 8 heteroatoms. The lowest BCUT2D eigenvalue weighted by Crippen LogP contribution is -2.51. The highest BCUT2D eigenvalue weighted by molar-refractivity contribution is 6.21. The van der Waals surface area contributed by atoms with Crippen LogP contribution in [-0.4, -0.2) is 33.6 Å². The van der Waals surface area contributed by atoms with E-state index in [0.717, 1.165) is 22.4 Å². The van der Waals surface area contributed by atoms with Crippen molar-refractivity contribution in [2.75, 3.05) is 6.54 Å². The standard InChI is InChI=1S/C35H29N3O5/c1-22-17-29-30(34(41)38(22)21-23-9-3-2-4-10-23)31-26-14-13-24(20-36)18-25(26)19-35(42-29,43-31)15-7-8-16-37-32(39)27-11-5-6-12-28(27)33(37)40/h2-6,9-14,17-18,31H,7-8,15-16,19,21H2,1H3. The number of ether oxygens (including phenoxy) is 2. The van der Waals surface area contributed by atoms with E-state index in [-0.39, 0.29) is 17.4 Å². The number of hydrogen-bond donors (Lipinski definition) is 0. The lowest BCUT2D eigenvalue weighted by Gasteiger charge is -2.46. The number of carbonyl (C=O) groups excluding carboxylic acids is 2. The van der Waals surface area contributed by atoms with Crippen LogP contribution >= 0.6 is 0 Å². The molecule has 0 aliphatic carbocycles. The fraction of sp³-hybridized carbons (Fsp3) is 0.257. The third-order valence-electron chi connectivity index (χ3n) is 8.66. The number of hydrogen-bond acceptors (Lipinski definition) is 6. The molecule has 0 fully saturated rings. The number of pyridine rings is 1. The van der Waals surface area contributed by atoms with Crippen LogP contribution < -0.4 is 10.3 Å². The highest BCUT2D eigenvalue weighted by Crippen LogP contribution is 2.49. The highest BCUT2D eigenvalue weighted by Gasteiger charge is 2.48. The van der Waals surface area contributed by atoms with Gasteiger partial charge in [0.25, 0.3) is 17.4 Å². The fourth-order valence-electron chi connectivity index (χ4n) is 6.52. The average molecular weight is 572 g/mol. The summed E-state index contributed by atoms with van der Waals surface area (Å²) in [7, 11) is 0. The summed E-state index contributed by atoms with van der Waals surface area (Å²) in [4.78, 5) is 40.9. The second kappa shape index (κ2) is 10.4. The maximum Gasteiger partial charge on any atom is 0.261 e. The number of carbonyl (C=O) groups is 2. The number of nitriles is 1. The molecule has 0 radical (unpaired) electrons. The Morgan fingerprint density at radius 3 is 2.37 bits per heavy atom. The molecule has 8 nitrogen and oxygen atoms in total. The molecular weight excluding hydrogens is 542 g/mol. The monoisotopic (exact) mass is 571 g/mol. The first-order chi connectivity index (χ1) is 20.9. The van der Waals surface area contributed by atoms with Gasteiger partial charge in [-0.2, -0.15) is 5.26 Å². The molecule has 0 N–H and O–H groups in total. The first-order valence-electron chi connectivity index (χ1n) is 14.5. The van der Waals surface area contributed by atoms with Crippen molar-refractivity contribution < 1.29 is 19.1 Å². The van der Waals surface area contributed by atoms with Gasteiger partial charge in [-0.05, 0) is 60.7 Å². The molecule has 0 saturated carbocycles. The zero-order valence-electron chi connectivity index (χ0n) is 23.7. The Morgan fingerprint density at radius 1 is 0.930 bits per heavy atom. The summed E-state index contributed by atoms with van der Waals surface area (Å²) >= 11 is 0. The number of benzene rings is 3. The molecule has 4 heterocycles. The smallest absolute Gasteiger partial charge is 0.261 e. The minimum Gasteiger partial charge on any atom is -0.461 e.